The average molecular weight is 190 g/mol. The molecule has 0 saturated carbocycles. The average Bonchev–Trinajstić information content (AvgIpc) is 1.85. The number of hydrogen-bond acceptors (Lipinski definition) is 1. The highest BCUT2D eigenvalue weighted by Crippen LogP contribution is 2.33. The van der Waals surface area contributed by atoms with E-state index >= 15 is 0 Å². The first-order valence-corrected chi connectivity index (χ1v) is 3.78. The van der Waals surface area contributed by atoms with E-state index in [0.717, 1.165) is 5.56 Å². The van der Waals surface area contributed by atoms with E-state index in [1.807, 2.05) is 6.92 Å². The molecular weight excluding hydrogens is 183 g/mol. The molecule has 1 rings (SSSR count). The zero-order valence-corrected chi connectivity index (χ0v) is 7.54. The Bertz CT molecular complexity index is 248. The Hall–Kier alpha value is -0.400. The fraction of sp³-hybridized carbons (Fsp3) is 0.125. The molecule has 0 unspecified atom stereocenters. The van der Waals surface area contributed by atoms with Gasteiger partial charge in [0.05, 0.1) is 10.0 Å². The van der Waals surface area contributed by atoms with Crippen molar-refractivity contribution in [2.24, 2.45) is 0 Å². The highest BCUT2D eigenvalue weighted by Gasteiger charge is 2.05. The molecule has 59 valence electrons. The zero-order chi connectivity index (χ0) is 8.43. The smallest absolute Gasteiger partial charge is 0.156 e. The van der Waals surface area contributed by atoms with Gasteiger partial charge in [-0.25, -0.2) is 0 Å². The summed E-state index contributed by atoms with van der Waals surface area (Å²) < 4.78 is 4.72. The highest BCUT2D eigenvalue weighted by molar-refractivity contribution is 6.37. The molecule has 1 radical (unpaired) electrons. The van der Waals surface area contributed by atoms with Gasteiger partial charge in [0.2, 0.25) is 0 Å². The summed E-state index contributed by atoms with van der Waals surface area (Å²) in [5.74, 6) is 0.430. The molecule has 0 fully saturated rings. The van der Waals surface area contributed by atoms with Crippen LogP contribution in [0.5, 0.6) is 5.75 Å². The van der Waals surface area contributed by atoms with Crippen molar-refractivity contribution in [1.29, 1.82) is 0 Å². The molecule has 0 spiro atoms. The van der Waals surface area contributed by atoms with Crippen LogP contribution < -0.4 is 4.74 Å². The first-order chi connectivity index (χ1) is 5.15. The molecule has 0 atom stereocenters. The van der Waals surface area contributed by atoms with E-state index in [4.69, 9.17) is 27.9 Å². The lowest BCUT2D eigenvalue weighted by atomic mass is 10.2. The van der Waals surface area contributed by atoms with E-state index in [9.17, 15) is 0 Å². The minimum atomic E-state index is 0.430. The Morgan fingerprint density at radius 1 is 1.27 bits per heavy atom. The van der Waals surface area contributed by atoms with Crippen molar-refractivity contribution >= 4 is 23.2 Å². The molecule has 0 saturated heterocycles. The van der Waals surface area contributed by atoms with E-state index in [-0.39, 0.29) is 0 Å². The number of ether oxygens (including phenoxy) is 1. The Balaban J connectivity index is 3.25. The van der Waals surface area contributed by atoms with E-state index in [1.165, 1.54) is 0 Å². The largest absolute Gasteiger partial charge is 0.487 e. The molecule has 1 aromatic carbocycles. The Morgan fingerprint density at radius 3 is 2.09 bits per heavy atom. The van der Waals surface area contributed by atoms with Gasteiger partial charge in [0.15, 0.2) is 5.75 Å². The van der Waals surface area contributed by atoms with Crippen molar-refractivity contribution in [3.05, 3.63) is 34.9 Å². The van der Waals surface area contributed by atoms with Crippen molar-refractivity contribution in [2.75, 3.05) is 0 Å². The van der Waals surface area contributed by atoms with Crippen LogP contribution in [0.25, 0.3) is 0 Å². The fourth-order valence-electron chi connectivity index (χ4n) is 0.825. The lowest BCUT2D eigenvalue weighted by Crippen LogP contribution is -1.83. The van der Waals surface area contributed by atoms with E-state index in [2.05, 4.69) is 7.11 Å². The summed E-state index contributed by atoms with van der Waals surface area (Å²) in [5.41, 5.74) is 1.00. The van der Waals surface area contributed by atoms with E-state index < -0.39 is 0 Å². The normalized spacial score (nSPS) is 9.82. The van der Waals surface area contributed by atoms with Crippen molar-refractivity contribution in [3.8, 4) is 5.75 Å². The van der Waals surface area contributed by atoms with Crippen molar-refractivity contribution in [3.63, 3.8) is 0 Å². The Morgan fingerprint density at radius 2 is 1.73 bits per heavy atom. The van der Waals surface area contributed by atoms with Crippen molar-refractivity contribution in [1.82, 2.24) is 0 Å². The predicted octanol–water partition coefficient (Wildman–Crippen LogP) is 3.47. The van der Waals surface area contributed by atoms with Gasteiger partial charge in [0, 0.05) is 0 Å². The van der Waals surface area contributed by atoms with Crippen LogP contribution in [0.4, 0.5) is 0 Å². The number of benzene rings is 1. The summed E-state index contributed by atoms with van der Waals surface area (Å²) in [6.07, 6.45) is 0. The standard InChI is InChI=1S/C8H7Cl2O/c1-5-3-6(9)8(11-2)7(10)4-5/h3-4H,2H2,1H3. The number of hydrogen-bond donors (Lipinski definition) is 0. The number of rotatable bonds is 1. The first-order valence-electron chi connectivity index (χ1n) is 3.03. The minimum Gasteiger partial charge on any atom is -0.487 e. The van der Waals surface area contributed by atoms with E-state index in [1.54, 1.807) is 12.1 Å². The molecule has 0 amide bonds. The monoisotopic (exact) mass is 189 g/mol. The number of aryl methyl sites for hydroxylation is 1. The Labute approximate surface area is 75.9 Å². The topological polar surface area (TPSA) is 9.23 Å². The molecule has 3 heteroatoms. The summed E-state index contributed by atoms with van der Waals surface area (Å²) in [6.45, 7) is 1.91. The van der Waals surface area contributed by atoms with Gasteiger partial charge in [-0.3, -0.25) is 0 Å². The quantitative estimate of drug-likeness (QED) is 0.658. The summed E-state index contributed by atoms with van der Waals surface area (Å²) >= 11 is 11.6. The molecule has 0 aromatic heterocycles. The van der Waals surface area contributed by atoms with Crippen LogP contribution in [0.15, 0.2) is 12.1 Å². The van der Waals surface area contributed by atoms with E-state index in [0.29, 0.717) is 15.8 Å². The van der Waals surface area contributed by atoms with Crippen LogP contribution in [-0.4, -0.2) is 0 Å². The van der Waals surface area contributed by atoms with Gasteiger partial charge in [0.25, 0.3) is 0 Å². The van der Waals surface area contributed by atoms with Crippen LogP contribution in [0.2, 0.25) is 10.0 Å². The third-order valence-electron chi connectivity index (χ3n) is 1.29. The minimum absolute atomic E-state index is 0.430. The maximum Gasteiger partial charge on any atom is 0.156 e. The van der Waals surface area contributed by atoms with Gasteiger partial charge in [-0.1, -0.05) is 23.2 Å². The lowest BCUT2D eigenvalue weighted by molar-refractivity contribution is 0.473. The third-order valence-corrected chi connectivity index (χ3v) is 1.85. The van der Waals surface area contributed by atoms with Gasteiger partial charge in [-0.15, -0.1) is 0 Å². The van der Waals surface area contributed by atoms with Crippen LogP contribution >= 0.6 is 23.2 Å². The number of halogens is 2. The molecule has 0 bridgehead atoms. The SMILES string of the molecule is [CH2]Oc1c(Cl)cc(C)cc1Cl. The second kappa shape index (κ2) is 3.33. The fourth-order valence-corrected chi connectivity index (χ4v) is 1.53. The molecule has 0 heterocycles. The van der Waals surface area contributed by atoms with Crippen LogP contribution in [0, 0.1) is 14.0 Å². The van der Waals surface area contributed by atoms with Gasteiger partial charge >= 0.3 is 0 Å². The molecular formula is C8H7Cl2O. The predicted molar refractivity (Wildman–Crippen MR) is 47.2 cm³/mol. The molecule has 11 heavy (non-hydrogen) atoms. The second-order valence-electron chi connectivity index (χ2n) is 2.20. The van der Waals surface area contributed by atoms with Crippen molar-refractivity contribution in [2.45, 2.75) is 6.92 Å². The maximum atomic E-state index is 5.79. The van der Waals surface area contributed by atoms with Gasteiger partial charge < -0.3 is 4.74 Å². The summed E-state index contributed by atoms with van der Waals surface area (Å²) in [7, 11) is 3.24. The van der Waals surface area contributed by atoms with Gasteiger partial charge in [-0.05, 0) is 24.6 Å². The molecule has 0 aliphatic carbocycles. The third kappa shape index (κ3) is 1.79. The van der Waals surface area contributed by atoms with Gasteiger partial charge in [-0.2, -0.15) is 0 Å². The summed E-state index contributed by atoms with van der Waals surface area (Å²) in [5, 5.41) is 0.981. The molecule has 1 nitrogen and oxygen atoms in total. The first kappa shape index (κ1) is 8.69. The zero-order valence-electron chi connectivity index (χ0n) is 6.03. The Kier molecular flexibility index (Phi) is 2.63. The second-order valence-corrected chi connectivity index (χ2v) is 3.02. The van der Waals surface area contributed by atoms with Gasteiger partial charge in [0.1, 0.15) is 7.11 Å². The highest BCUT2D eigenvalue weighted by atomic mass is 35.5. The van der Waals surface area contributed by atoms with Crippen LogP contribution in [0.1, 0.15) is 5.56 Å². The molecule has 0 aliphatic heterocycles. The van der Waals surface area contributed by atoms with Crippen LogP contribution in [-0.2, 0) is 0 Å². The van der Waals surface area contributed by atoms with Crippen molar-refractivity contribution < 1.29 is 4.74 Å². The maximum absolute atomic E-state index is 5.79. The lowest BCUT2D eigenvalue weighted by Gasteiger charge is -2.05. The summed E-state index contributed by atoms with van der Waals surface area (Å²) in [6, 6.07) is 3.54. The summed E-state index contributed by atoms with van der Waals surface area (Å²) in [4.78, 5) is 0. The molecule has 1 aromatic rings. The van der Waals surface area contributed by atoms with Crippen LogP contribution in [0.3, 0.4) is 0 Å². The molecule has 0 N–H and O–H groups in total. The molecule has 0 aliphatic rings.